The molecule has 0 aromatic heterocycles. The molecule has 0 aliphatic carbocycles. The largest absolute Gasteiger partial charge is 0.494 e. The van der Waals surface area contributed by atoms with Gasteiger partial charge in [0.2, 0.25) is 5.91 Å². The van der Waals surface area contributed by atoms with E-state index in [1.165, 1.54) is 0 Å². The molecule has 1 N–H and O–H groups in total. The first-order valence-electron chi connectivity index (χ1n) is 7.88. The number of para-hydroxylation sites is 1. The lowest BCUT2D eigenvalue weighted by Gasteiger charge is -2.25. The lowest BCUT2D eigenvalue weighted by molar-refractivity contribution is -0.131. The lowest BCUT2D eigenvalue weighted by atomic mass is 9.94. The Hall–Kier alpha value is -1.55. The van der Waals surface area contributed by atoms with E-state index in [-0.39, 0.29) is 5.91 Å². The van der Waals surface area contributed by atoms with Crippen molar-refractivity contribution in [3.05, 3.63) is 30.3 Å². The monoisotopic (exact) mass is 290 g/mol. The maximum Gasteiger partial charge on any atom is 0.222 e. The minimum absolute atomic E-state index is 0.265. The average Bonchev–Trinajstić information content (AvgIpc) is 2.53. The molecule has 0 radical (unpaired) electrons. The molecule has 4 nitrogen and oxygen atoms in total. The predicted molar refractivity (Wildman–Crippen MR) is 84.4 cm³/mol. The molecule has 0 unspecified atom stereocenters. The number of rotatable bonds is 7. The third-order valence-electron chi connectivity index (χ3n) is 4.00. The van der Waals surface area contributed by atoms with E-state index in [1.54, 1.807) is 0 Å². The van der Waals surface area contributed by atoms with Crippen molar-refractivity contribution >= 4 is 5.91 Å². The Kier molecular flexibility index (Phi) is 6.54. The number of carbonyl (C=O) groups excluding carboxylic acids is 1. The molecule has 1 aromatic rings. The van der Waals surface area contributed by atoms with Gasteiger partial charge in [-0.3, -0.25) is 4.79 Å². The summed E-state index contributed by atoms with van der Waals surface area (Å²) >= 11 is 0. The maximum absolute atomic E-state index is 12.1. The standard InChI is InChI=1S/C17H26N2O2/c1-19(17(20)14-15-8-10-18-11-9-15)12-5-13-21-16-6-3-2-4-7-16/h2-4,6-7,15,18H,5,8-14H2,1H3. The normalized spacial score (nSPS) is 15.7. The van der Waals surface area contributed by atoms with Gasteiger partial charge >= 0.3 is 0 Å². The highest BCUT2D eigenvalue weighted by molar-refractivity contribution is 5.76. The van der Waals surface area contributed by atoms with Crippen LogP contribution in [0, 0.1) is 5.92 Å². The van der Waals surface area contributed by atoms with E-state index in [2.05, 4.69) is 5.32 Å². The van der Waals surface area contributed by atoms with Gasteiger partial charge in [-0.15, -0.1) is 0 Å². The average molecular weight is 290 g/mol. The lowest BCUT2D eigenvalue weighted by Crippen LogP contribution is -2.34. The minimum atomic E-state index is 0.265. The smallest absolute Gasteiger partial charge is 0.222 e. The number of ether oxygens (including phenoxy) is 1. The van der Waals surface area contributed by atoms with Crippen LogP contribution in [0.4, 0.5) is 0 Å². The molecule has 0 spiro atoms. The van der Waals surface area contributed by atoms with Gasteiger partial charge in [0.15, 0.2) is 0 Å². The van der Waals surface area contributed by atoms with Crippen molar-refractivity contribution in [1.29, 1.82) is 0 Å². The van der Waals surface area contributed by atoms with Gasteiger partial charge in [-0.05, 0) is 50.4 Å². The molecule has 1 aliphatic heterocycles. The van der Waals surface area contributed by atoms with E-state index in [0.717, 1.165) is 44.6 Å². The highest BCUT2D eigenvalue weighted by atomic mass is 16.5. The maximum atomic E-state index is 12.1. The first-order valence-corrected chi connectivity index (χ1v) is 7.88. The van der Waals surface area contributed by atoms with Crippen LogP contribution in [0.5, 0.6) is 5.75 Å². The molecule has 2 rings (SSSR count). The fourth-order valence-electron chi connectivity index (χ4n) is 2.62. The summed E-state index contributed by atoms with van der Waals surface area (Å²) in [6.07, 6.45) is 3.80. The molecule has 1 aromatic carbocycles. The second-order valence-corrected chi connectivity index (χ2v) is 5.73. The molecule has 4 heteroatoms. The zero-order chi connectivity index (χ0) is 14.9. The molecule has 1 aliphatic rings. The fourth-order valence-corrected chi connectivity index (χ4v) is 2.62. The first kappa shape index (κ1) is 15.8. The van der Waals surface area contributed by atoms with E-state index in [1.807, 2.05) is 42.3 Å². The third-order valence-corrected chi connectivity index (χ3v) is 4.00. The second-order valence-electron chi connectivity index (χ2n) is 5.73. The quantitative estimate of drug-likeness (QED) is 0.784. The van der Waals surface area contributed by atoms with E-state index >= 15 is 0 Å². The number of nitrogens with zero attached hydrogens (tertiary/aromatic N) is 1. The number of amides is 1. The number of benzene rings is 1. The molecular formula is C17H26N2O2. The van der Waals surface area contributed by atoms with Gasteiger partial charge in [-0.1, -0.05) is 18.2 Å². The molecule has 1 saturated heterocycles. The van der Waals surface area contributed by atoms with Gasteiger partial charge in [0, 0.05) is 20.0 Å². The molecule has 0 saturated carbocycles. The van der Waals surface area contributed by atoms with E-state index in [4.69, 9.17) is 4.74 Å². The van der Waals surface area contributed by atoms with E-state index in [0.29, 0.717) is 18.9 Å². The zero-order valence-corrected chi connectivity index (χ0v) is 12.9. The summed E-state index contributed by atoms with van der Waals surface area (Å²) < 4.78 is 5.64. The summed E-state index contributed by atoms with van der Waals surface area (Å²) in [4.78, 5) is 14.0. The molecule has 1 amide bonds. The van der Waals surface area contributed by atoms with Crippen LogP contribution in [0.25, 0.3) is 0 Å². The van der Waals surface area contributed by atoms with Gasteiger partial charge in [-0.25, -0.2) is 0 Å². The molecule has 0 atom stereocenters. The van der Waals surface area contributed by atoms with Crippen LogP contribution in [0.1, 0.15) is 25.7 Å². The Labute approximate surface area is 127 Å². The highest BCUT2D eigenvalue weighted by Crippen LogP contribution is 2.17. The van der Waals surface area contributed by atoms with Crippen LogP contribution in [0.2, 0.25) is 0 Å². The van der Waals surface area contributed by atoms with E-state index in [9.17, 15) is 4.79 Å². The summed E-state index contributed by atoms with van der Waals surface area (Å²) in [5.41, 5.74) is 0. The van der Waals surface area contributed by atoms with Crippen LogP contribution < -0.4 is 10.1 Å². The highest BCUT2D eigenvalue weighted by Gasteiger charge is 2.18. The number of nitrogens with one attached hydrogen (secondary N) is 1. The van der Waals surface area contributed by atoms with Crippen molar-refractivity contribution in [2.45, 2.75) is 25.7 Å². The van der Waals surface area contributed by atoms with Gasteiger partial charge in [0.05, 0.1) is 6.61 Å². The Balaban J connectivity index is 1.60. The number of hydrogen-bond donors (Lipinski definition) is 1. The second kappa shape index (κ2) is 8.67. The summed E-state index contributed by atoms with van der Waals surface area (Å²) in [5.74, 6) is 1.71. The van der Waals surface area contributed by atoms with Gasteiger partial charge in [0.1, 0.15) is 5.75 Å². The van der Waals surface area contributed by atoms with Crippen LogP contribution >= 0.6 is 0 Å². The fraction of sp³-hybridized carbons (Fsp3) is 0.588. The summed E-state index contributed by atoms with van der Waals surface area (Å²) in [5, 5.41) is 3.33. The van der Waals surface area contributed by atoms with Crippen molar-refractivity contribution in [3.63, 3.8) is 0 Å². The predicted octanol–water partition coefficient (Wildman–Crippen LogP) is 2.30. The molecule has 21 heavy (non-hydrogen) atoms. The number of piperidine rings is 1. The number of hydrogen-bond acceptors (Lipinski definition) is 3. The zero-order valence-electron chi connectivity index (χ0n) is 12.9. The minimum Gasteiger partial charge on any atom is -0.494 e. The van der Waals surface area contributed by atoms with Gasteiger partial charge < -0.3 is 15.0 Å². The molecule has 0 bridgehead atoms. The van der Waals surface area contributed by atoms with Crippen LogP contribution in [-0.4, -0.2) is 44.1 Å². The Morgan fingerprint density at radius 1 is 1.29 bits per heavy atom. The topological polar surface area (TPSA) is 41.6 Å². The summed E-state index contributed by atoms with van der Waals surface area (Å²) in [6, 6.07) is 9.80. The van der Waals surface area contributed by atoms with Crippen LogP contribution in [0.15, 0.2) is 30.3 Å². The Bertz CT molecular complexity index is 416. The van der Waals surface area contributed by atoms with Crippen molar-refractivity contribution in [2.75, 3.05) is 33.3 Å². The SMILES string of the molecule is CN(CCCOc1ccccc1)C(=O)CC1CCNCC1. The molecule has 1 fully saturated rings. The van der Waals surface area contributed by atoms with Gasteiger partial charge in [0.25, 0.3) is 0 Å². The summed E-state index contributed by atoms with van der Waals surface area (Å²) in [6.45, 7) is 3.50. The Morgan fingerprint density at radius 3 is 2.71 bits per heavy atom. The molecule has 116 valence electrons. The number of carbonyl (C=O) groups is 1. The summed E-state index contributed by atoms with van der Waals surface area (Å²) in [7, 11) is 1.89. The van der Waals surface area contributed by atoms with Crippen molar-refractivity contribution in [1.82, 2.24) is 10.2 Å². The van der Waals surface area contributed by atoms with Crippen molar-refractivity contribution < 1.29 is 9.53 Å². The van der Waals surface area contributed by atoms with Crippen LogP contribution in [-0.2, 0) is 4.79 Å². The molecular weight excluding hydrogens is 264 g/mol. The Morgan fingerprint density at radius 2 is 2.00 bits per heavy atom. The van der Waals surface area contributed by atoms with E-state index < -0.39 is 0 Å². The third kappa shape index (κ3) is 5.76. The van der Waals surface area contributed by atoms with Crippen molar-refractivity contribution in [3.8, 4) is 5.75 Å². The van der Waals surface area contributed by atoms with Crippen LogP contribution in [0.3, 0.4) is 0 Å². The first-order chi connectivity index (χ1) is 10.3. The van der Waals surface area contributed by atoms with Crippen molar-refractivity contribution in [2.24, 2.45) is 5.92 Å². The van der Waals surface area contributed by atoms with Gasteiger partial charge in [-0.2, -0.15) is 0 Å². The molecule has 1 heterocycles.